The Balaban J connectivity index is 2.79. The summed E-state index contributed by atoms with van der Waals surface area (Å²) in [5.74, 6) is -0.0289. The first-order valence-electron chi connectivity index (χ1n) is 7.38. The quantitative estimate of drug-likeness (QED) is 0.681. The van der Waals surface area contributed by atoms with Crippen molar-refractivity contribution >= 4 is 5.97 Å². The minimum absolute atomic E-state index is 0.0289. The van der Waals surface area contributed by atoms with Gasteiger partial charge in [0.15, 0.2) is 0 Å². The minimum atomic E-state index is -0.438. The van der Waals surface area contributed by atoms with E-state index >= 15 is 0 Å². The zero-order valence-corrected chi connectivity index (χ0v) is 13.1. The third-order valence-electron chi connectivity index (χ3n) is 5.10. The van der Waals surface area contributed by atoms with E-state index in [0.717, 1.165) is 19.3 Å². The lowest BCUT2D eigenvalue weighted by Crippen LogP contribution is -2.45. The maximum absolute atomic E-state index is 12.5. The van der Waals surface area contributed by atoms with Crippen LogP contribution < -0.4 is 0 Å². The molecule has 0 heterocycles. The largest absolute Gasteiger partial charge is 0.459 e. The van der Waals surface area contributed by atoms with Gasteiger partial charge < -0.3 is 4.74 Å². The molecule has 1 aliphatic rings. The Bertz CT molecular complexity index is 291. The van der Waals surface area contributed by atoms with Crippen LogP contribution in [0.25, 0.3) is 0 Å². The Hall–Kier alpha value is -0.530. The molecule has 0 bridgehead atoms. The van der Waals surface area contributed by atoms with E-state index in [4.69, 9.17) is 4.74 Å². The highest BCUT2D eigenvalue weighted by Gasteiger charge is 2.45. The molecule has 1 aliphatic carbocycles. The molecule has 2 nitrogen and oxygen atoms in total. The monoisotopic (exact) mass is 254 g/mol. The lowest BCUT2D eigenvalue weighted by atomic mass is 9.69. The molecular weight excluding hydrogens is 224 g/mol. The van der Waals surface area contributed by atoms with E-state index in [2.05, 4.69) is 27.7 Å². The van der Waals surface area contributed by atoms with Gasteiger partial charge in [0.1, 0.15) is 5.60 Å². The SMILES string of the molecule is CCC1(OC(=O)C(C)(C)C(C)(C)C)CCCCC1. The molecule has 0 aliphatic heterocycles. The van der Waals surface area contributed by atoms with E-state index in [1.807, 2.05) is 13.8 Å². The van der Waals surface area contributed by atoms with Crippen LogP contribution in [0.2, 0.25) is 0 Å². The maximum atomic E-state index is 12.5. The van der Waals surface area contributed by atoms with E-state index in [-0.39, 0.29) is 17.0 Å². The summed E-state index contributed by atoms with van der Waals surface area (Å²) in [6.07, 6.45) is 6.68. The summed E-state index contributed by atoms with van der Waals surface area (Å²) >= 11 is 0. The third-order valence-corrected chi connectivity index (χ3v) is 5.10. The molecule has 1 saturated carbocycles. The van der Waals surface area contributed by atoms with Crippen LogP contribution in [0.1, 0.15) is 80.1 Å². The predicted octanol–water partition coefficient (Wildman–Crippen LogP) is 4.71. The summed E-state index contributed by atoms with van der Waals surface area (Å²) in [7, 11) is 0. The first-order valence-corrected chi connectivity index (χ1v) is 7.38. The number of esters is 1. The Morgan fingerprint density at radius 2 is 1.56 bits per heavy atom. The van der Waals surface area contributed by atoms with Gasteiger partial charge in [-0.05, 0) is 51.4 Å². The molecule has 0 radical (unpaired) electrons. The Morgan fingerprint density at radius 3 is 1.94 bits per heavy atom. The normalized spacial score (nSPS) is 20.6. The molecule has 0 amide bonds. The van der Waals surface area contributed by atoms with Crippen LogP contribution in [0.3, 0.4) is 0 Å². The van der Waals surface area contributed by atoms with Crippen molar-refractivity contribution in [3.63, 3.8) is 0 Å². The minimum Gasteiger partial charge on any atom is -0.459 e. The zero-order chi connectivity index (χ0) is 14.0. The average molecular weight is 254 g/mol. The summed E-state index contributed by atoms with van der Waals surface area (Å²) in [6, 6.07) is 0. The fourth-order valence-electron chi connectivity index (χ4n) is 2.35. The number of ether oxygens (including phenoxy) is 1. The average Bonchev–Trinajstić information content (AvgIpc) is 2.28. The van der Waals surface area contributed by atoms with Crippen molar-refractivity contribution in [2.75, 3.05) is 0 Å². The smallest absolute Gasteiger partial charge is 0.312 e. The van der Waals surface area contributed by atoms with Gasteiger partial charge in [-0.25, -0.2) is 0 Å². The van der Waals surface area contributed by atoms with Crippen molar-refractivity contribution in [1.29, 1.82) is 0 Å². The van der Waals surface area contributed by atoms with Gasteiger partial charge in [-0.1, -0.05) is 34.1 Å². The van der Waals surface area contributed by atoms with E-state index in [1.165, 1.54) is 19.3 Å². The van der Waals surface area contributed by atoms with Crippen LogP contribution in [0.15, 0.2) is 0 Å². The zero-order valence-electron chi connectivity index (χ0n) is 13.1. The first kappa shape index (κ1) is 15.5. The summed E-state index contributed by atoms with van der Waals surface area (Å²) in [5.41, 5.74) is -0.696. The van der Waals surface area contributed by atoms with Crippen molar-refractivity contribution in [3.05, 3.63) is 0 Å². The summed E-state index contributed by atoms with van der Waals surface area (Å²) in [5, 5.41) is 0. The van der Waals surface area contributed by atoms with Gasteiger partial charge in [-0.2, -0.15) is 0 Å². The Kier molecular flexibility index (Phi) is 4.51. The van der Waals surface area contributed by atoms with E-state index in [9.17, 15) is 4.79 Å². The van der Waals surface area contributed by atoms with Crippen LogP contribution in [0.5, 0.6) is 0 Å². The second-order valence-corrected chi connectivity index (χ2v) is 7.36. The van der Waals surface area contributed by atoms with Crippen molar-refractivity contribution in [3.8, 4) is 0 Å². The fraction of sp³-hybridized carbons (Fsp3) is 0.938. The number of carbonyl (C=O) groups excluding carboxylic acids is 1. The van der Waals surface area contributed by atoms with Crippen LogP contribution in [-0.2, 0) is 9.53 Å². The Morgan fingerprint density at radius 1 is 1.06 bits per heavy atom. The highest BCUT2D eigenvalue weighted by atomic mass is 16.6. The molecule has 0 N–H and O–H groups in total. The molecule has 106 valence electrons. The number of hydrogen-bond acceptors (Lipinski definition) is 2. The predicted molar refractivity (Wildman–Crippen MR) is 75.4 cm³/mol. The summed E-state index contributed by atoms with van der Waals surface area (Å²) in [4.78, 5) is 12.5. The van der Waals surface area contributed by atoms with Gasteiger partial charge in [-0.3, -0.25) is 4.79 Å². The van der Waals surface area contributed by atoms with E-state index in [1.54, 1.807) is 0 Å². The molecular formula is C16H30O2. The number of rotatable bonds is 3. The van der Waals surface area contributed by atoms with Gasteiger partial charge >= 0.3 is 5.97 Å². The number of carbonyl (C=O) groups is 1. The highest BCUT2D eigenvalue weighted by Crippen LogP contribution is 2.42. The topological polar surface area (TPSA) is 26.3 Å². The van der Waals surface area contributed by atoms with Crippen LogP contribution in [0, 0.1) is 10.8 Å². The molecule has 0 aromatic heterocycles. The maximum Gasteiger partial charge on any atom is 0.312 e. The molecule has 1 rings (SSSR count). The molecule has 0 aromatic rings. The standard InChI is InChI=1S/C16H30O2/c1-7-16(11-9-8-10-12-16)18-13(17)15(5,6)14(2,3)4/h7-12H2,1-6H3. The number of hydrogen-bond donors (Lipinski definition) is 0. The van der Waals surface area contributed by atoms with Crippen molar-refractivity contribution < 1.29 is 9.53 Å². The molecule has 18 heavy (non-hydrogen) atoms. The molecule has 0 atom stereocenters. The molecule has 0 aromatic carbocycles. The first-order chi connectivity index (χ1) is 8.15. The second kappa shape index (κ2) is 5.22. The molecule has 2 heteroatoms. The van der Waals surface area contributed by atoms with Gasteiger partial charge in [0, 0.05) is 0 Å². The van der Waals surface area contributed by atoms with Gasteiger partial charge in [0.25, 0.3) is 0 Å². The van der Waals surface area contributed by atoms with Crippen molar-refractivity contribution in [1.82, 2.24) is 0 Å². The van der Waals surface area contributed by atoms with Gasteiger partial charge in [0.2, 0.25) is 0 Å². The lowest BCUT2D eigenvalue weighted by molar-refractivity contribution is -0.180. The summed E-state index contributed by atoms with van der Waals surface area (Å²) < 4.78 is 5.98. The second-order valence-electron chi connectivity index (χ2n) is 7.36. The van der Waals surface area contributed by atoms with Gasteiger partial charge in [0.05, 0.1) is 5.41 Å². The Labute approximate surface area is 112 Å². The fourth-order valence-corrected chi connectivity index (χ4v) is 2.35. The van der Waals surface area contributed by atoms with Crippen molar-refractivity contribution in [2.24, 2.45) is 10.8 Å². The molecule has 0 spiro atoms. The molecule has 0 saturated heterocycles. The van der Waals surface area contributed by atoms with Crippen LogP contribution >= 0.6 is 0 Å². The van der Waals surface area contributed by atoms with E-state index < -0.39 is 5.41 Å². The van der Waals surface area contributed by atoms with Crippen LogP contribution in [0.4, 0.5) is 0 Å². The van der Waals surface area contributed by atoms with Crippen LogP contribution in [-0.4, -0.2) is 11.6 Å². The summed E-state index contributed by atoms with van der Waals surface area (Å²) in [6.45, 7) is 12.5. The van der Waals surface area contributed by atoms with E-state index in [0.29, 0.717) is 0 Å². The molecule has 0 unspecified atom stereocenters. The van der Waals surface area contributed by atoms with Gasteiger partial charge in [-0.15, -0.1) is 0 Å². The van der Waals surface area contributed by atoms with Crippen molar-refractivity contribution in [2.45, 2.75) is 85.7 Å². The highest BCUT2D eigenvalue weighted by molar-refractivity contribution is 5.77. The lowest BCUT2D eigenvalue weighted by Gasteiger charge is -2.42. The molecule has 1 fully saturated rings. The third kappa shape index (κ3) is 3.07.